The molecule has 7 atom stereocenters. The van der Waals surface area contributed by atoms with Crippen LogP contribution in [0.25, 0.3) is 0 Å². The van der Waals surface area contributed by atoms with Crippen molar-refractivity contribution in [1.82, 2.24) is 0 Å². The first-order chi connectivity index (χ1) is 29.9. The summed E-state index contributed by atoms with van der Waals surface area (Å²) in [5.41, 5.74) is 5.83. The number of amides is 1. The van der Waals surface area contributed by atoms with Gasteiger partial charge < -0.3 is 59.9 Å². The molecule has 4 aliphatic heterocycles. The van der Waals surface area contributed by atoms with E-state index in [0.29, 0.717) is 48.8 Å². The lowest BCUT2D eigenvalue weighted by Gasteiger charge is -2.49. The monoisotopic (exact) mass is 849 g/mol. The Hall–Kier alpha value is -6.15. The van der Waals surface area contributed by atoms with E-state index in [4.69, 9.17) is 24.7 Å². The second kappa shape index (κ2) is 16.3. The van der Waals surface area contributed by atoms with Gasteiger partial charge in [-0.25, -0.2) is 0 Å². The number of hydrogen-bond acceptors (Lipinski definition) is 17. The van der Waals surface area contributed by atoms with Crippen molar-refractivity contribution in [3.63, 3.8) is 0 Å². The highest BCUT2D eigenvalue weighted by molar-refractivity contribution is 6.72. The second-order valence-electron chi connectivity index (χ2n) is 16.0. The van der Waals surface area contributed by atoms with Crippen molar-refractivity contribution in [2.75, 3.05) is 18.2 Å². The molecule has 3 aromatic carbocycles. The minimum absolute atomic E-state index is 0.000381. The zero-order chi connectivity index (χ0) is 43.4. The zero-order valence-electron chi connectivity index (χ0n) is 33.1. The molecule has 9 rings (SSSR count). The summed E-state index contributed by atoms with van der Waals surface area (Å²) in [5, 5.41) is 55.2. The number of aliphatic imine (C=N–C) groups is 3. The molecule has 1 saturated carbocycles. The van der Waals surface area contributed by atoms with Crippen molar-refractivity contribution in [2.45, 2.75) is 93.5 Å². The number of fused-ring (bicyclic) bond motifs is 7. The average molecular weight is 850 g/mol. The molecule has 0 radical (unpaired) electrons. The molecule has 1 spiro atoms. The summed E-state index contributed by atoms with van der Waals surface area (Å²) in [4.78, 5) is 67.8. The first-order valence-corrected chi connectivity index (χ1v) is 20.3. The summed E-state index contributed by atoms with van der Waals surface area (Å²) in [7, 11) is 0. The number of ether oxygens (including phenoxy) is 4. The lowest BCUT2D eigenvalue weighted by molar-refractivity contribution is -0.308. The summed E-state index contributed by atoms with van der Waals surface area (Å²) in [6.45, 7) is -1.05. The predicted octanol–water partition coefficient (Wildman–Crippen LogP) is 1.32. The molecular formula is C44H43N5O13. The number of rotatable bonds is 8. The van der Waals surface area contributed by atoms with Gasteiger partial charge in [0.15, 0.2) is 34.6 Å². The highest BCUT2D eigenvalue weighted by Gasteiger charge is 2.56. The largest absolute Gasteiger partial charge is 0.492 e. The van der Waals surface area contributed by atoms with Crippen LogP contribution in [0.3, 0.4) is 0 Å². The molecule has 62 heavy (non-hydrogen) atoms. The molecule has 0 aromatic heterocycles. The Morgan fingerprint density at radius 2 is 1.73 bits per heavy atom. The highest BCUT2D eigenvalue weighted by Crippen LogP contribution is 2.50. The van der Waals surface area contributed by atoms with E-state index in [1.54, 1.807) is 35.2 Å². The van der Waals surface area contributed by atoms with Crippen LogP contribution in [0.1, 0.15) is 93.0 Å². The summed E-state index contributed by atoms with van der Waals surface area (Å²) in [6.07, 6.45) is -3.30. The van der Waals surface area contributed by atoms with Gasteiger partial charge in [-0.3, -0.25) is 19.4 Å². The van der Waals surface area contributed by atoms with Gasteiger partial charge in [-0.05, 0) is 67.2 Å². The van der Waals surface area contributed by atoms with Gasteiger partial charge >= 0.3 is 5.91 Å². The lowest BCUT2D eigenvalue weighted by atomic mass is 9.76. The summed E-state index contributed by atoms with van der Waals surface area (Å²) in [6, 6.07) is 12.9. The smallest absolute Gasteiger partial charge is 0.302 e. The molecule has 2 fully saturated rings. The zero-order valence-corrected chi connectivity index (χ0v) is 33.1. The fourth-order valence-corrected chi connectivity index (χ4v) is 9.17. The highest BCUT2D eigenvalue weighted by atomic mass is 16.7. The third kappa shape index (κ3) is 6.88. The van der Waals surface area contributed by atoms with E-state index in [1.165, 1.54) is 30.5 Å². The van der Waals surface area contributed by atoms with Crippen molar-refractivity contribution < 1.29 is 63.7 Å². The third-order valence-corrected chi connectivity index (χ3v) is 12.3. The number of ketones is 2. The number of allylic oxidation sites excluding steroid dienone is 1. The average Bonchev–Trinajstić information content (AvgIpc) is 3.70. The van der Waals surface area contributed by atoms with Crippen LogP contribution in [-0.2, 0) is 25.7 Å². The van der Waals surface area contributed by atoms with Crippen molar-refractivity contribution in [1.29, 1.82) is 0 Å². The van der Waals surface area contributed by atoms with Crippen molar-refractivity contribution in [2.24, 2.45) is 20.7 Å². The number of para-hydroxylation sites is 1. The molecule has 7 N–H and O–H groups in total. The van der Waals surface area contributed by atoms with E-state index >= 15 is 0 Å². The maximum atomic E-state index is 14.7. The van der Waals surface area contributed by atoms with Gasteiger partial charge in [0.25, 0.3) is 0 Å². The van der Waals surface area contributed by atoms with Crippen LogP contribution in [0.2, 0.25) is 0 Å². The molecule has 3 aromatic rings. The Balaban J connectivity index is 1.31. The number of aliphatic hydroxyl groups is 5. The van der Waals surface area contributed by atoms with Gasteiger partial charge in [-0.15, -0.1) is 0 Å². The quantitative estimate of drug-likeness (QED) is 0.137. The summed E-state index contributed by atoms with van der Waals surface area (Å²) >= 11 is 0. The fraction of sp³-hybridized carbons (Fsp3) is 0.386. The first-order valence-electron chi connectivity index (χ1n) is 20.3. The Morgan fingerprint density at radius 1 is 0.935 bits per heavy atom. The van der Waals surface area contributed by atoms with Gasteiger partial charge in [0.05, 0.1) is 24.5 Å². The number of hydrogen-bond donors (Lipinski definition) is 6. The number of guanidine groups is 1. The third-order valence-electron chi connectivity index (χ3n) is 12.3. The van der Waals surface area contributed by atoms with Crippen LogP contribution in [0.15, 0.2) is 75.8 Å². The van der Waals surface area contributed by atoms with Crippen molar-refractivity contribution in [3.8, 4) is 11.5 Å². The molecule has 18 nitrogen and oxygen atoms in total. The molecule has 6 aliphatic rings. The fourth-order valence-electron chi connectivity index (χ4n) is 9.17. The maximum absolute atomic E-state index is 14.7. The summed E-state index contributed by atoms with van der Waals surface area (Å²) in [5.74, 6) is -3.66. The van der Waals surface area contributed by atoms with Gasteiger partial charge in [0, 0.05) is 40.3 Å². The van der Waals surface area contributed by atoms with Crippen LogP contribution >= 0.6 is 0 Å². The normalized spacial score (nSPS) is 27.1. The van der Waals surface area contributed by atoms with Gasteiger partial charge in [0.1, 0.15) is 49.6 Å². The van der Waals surface area contributed by atoms with E-state index in [2.05, 4.69) is 15.0 Å². The number of aldehydes is 1. The van der Waals surface area contributed by atoms with Crippen LogP contribution in [0, 0.1) is 0 Å². The molecule has 322 valence electrons. The molecule has 18 heteroatoms. The van der Waals surface area contributed by atoms with Crippen molar-refractivity contribution >= 4 is 47.0 Å². The van der Waals surface area contributed by atoms with Crippen molar-refractivity contribution in [3.05, 3.63) is 99.8 Å². The molecule has 2 aliphatic carbocycles. The van der Waals surface area contributed by atoms with E-state index in [1.807, 2.05) is 0 Å². The molecule has 4 heterocycles. The number of nitrogens with two attached hydrogens (primary N) is 1. The number of carbonyl (C=O) groups excluding carboxylic acids is 4. The lowest BCUT2D eigenvalue weighted by Crippen LogP contribution is -2.66. The minimum Gasteiger partial charge on any atom is -0.492 e. The predicted molar refractivity (Wildman–Crippen MR) is 218 cm³/mol. The van der Waals surface area contributed by atoms with E-state index in [0.717, 1.165) is 6.42 Å². The van der Waals surface area contributed by atoms with E-state index in [-0.39, 0.29) is 69.9 Å². The van der Waals surface area contributed by atoms with Crippen LogP contribution in [0.4, 0.5) is 5.69 Å². The number of carbonyl (C=O) groups is 4. The number of amidine groups is 1. The van der Waals surface area contributed by atoms with Gasteiger partial charge in [-0.1, -0.05) is 30.7 Å². The Bertz CT molecular complexity index is 2490. The van der Waals surface area contributed by atoms with Crippen LogP contribution < -0.4 is 20.1 Å². The van der Waals surface area contributed by atoms with E-state index in [9.17, 15) is 44.7 Å². The Morgan fingerprint density at radius 3 is 2.50 bits per heavy atom. The summed E-state index contributed by atoms with van der Waals surface area (Å²) < 4.78 is 26.0. The van der Waals surface area contributed by atoms with Gasteiger partial charge in [0.2, 0.25) is 12.2 Å². The molecule has 0 unspecified atom stereocenters. The minimum atomic E-state index is -1.88. The Kier molecular flexibility index (Phi) is 10.8. The number of benzene rings is 3. The molecule has 1 saturated heterocycles. The molecular weight excluding hydrogens is 807 g/mol. The Labute approximate surface area is 353 Å². The van der Waals surface area contributed by atoms with Crippen LogP contribution in [-0.4, -0.2) is 122 Å². The number of nitrogens with zero attached hydrogens (tertiary/aromatic N) is 4. The standard InChI is InChI=1S/C44H43N5O13/c45-43-47-40-31(41(58)48-43)46-20-49(40)29-7-3-2-6-24(29)23-11-15-60-44(12-4-1-5-13-44)39-35(56)34(55)36(57)42(62-39)61-37-27(23)17-28-30(38(37)59-19-22(52)10-14-50)33(54)26-16-21(18-51)8-9-25(26)32(28)53/h2-3,6-9,11,14-17,22-23,34-36,39,42,51-52,55-57H,1,4-5,10,12-13,18-20H2,(H2,45,48,58)/b15-11-/t22-,23+,34-,35-,36+,39-,42+/m1/s1. The maximum Gasteiger partial charge on any atom is 0.302 e. The van der Waals surface area contributed by atoms with Crippen LogP contribution in [0.5, 0.6) is 11.5 Å². The number of aliphatic hydroxyl groups excluding tert-OH is 5. The number of anilines is 1. The van der Waals surface area contributed by atoms with Gasteiger partial charge in [-0.2, -0.15) is 9.98 Å². The second-order valence-corrected chi connectivity index (χ2v) is 16.0. The van der Waals surface area contributed by atoms with E-state index < -0.39 is 79.0 Å². The first kappa shape index (κ1) is 41.2. The molecule has 2 bridgehead atoms. The topological polar surface area (TPSA) is 273 Å². The molecule has 1 amide bonds. The SMILES string of the molecule is NC1=NC(=O)C2=NCN(c3ccccc3[C@@H]3/C=C\OC4(CCCCC4)[C@@H]4O[C@H](Oc5c3cc3c(c5OC[C@H](O)CC=O)C(=O)c5cc(CO)ccc5C3=O)[C@@H](O)[C@H](O)[C@H]4O)C2=N1.